The van der Waals surface area contributed by atoms with Crippen molar-refractivity contribution < 1.29 is 4.79 Å². The maximum atomic E-state index is 13.2. The third-order valence-corrected chi connectivity index (χ3v) is 7.67. The molecule has 2 fully saturated rings. The van der Waals surface area contributed by atoms with Gasteiger partial charge >= 0.3 is 0 Å². The minimum Gasteiger partial charge on any atom is -0.368 e. The van der Waals surface area contributed by atoms with E-state index in [1.165, 1.54) is 19.3 Å². The number of aromatic amines is 1. The van der Waals surface area contributed by atoms with Gasteiger partial charge in [0, 0.05) is 37.7 Å². The topological polar surface area (TPSA) is 90.9 Å². The number of pyridine rings is 1. The average Bonchev–Trinajstić information content (AvgIpc) is 3.48. The molecule has 0 bridgehead atoms. The molecular formula is C27H30BrN7O. The van der Waals surface area contributed by atoms with Crippen LogP contribution in [0.25, 0.3) is 11.0 Å². The summed E-state index contributed by atoms with van der Waals surface area (Å²) in [5, 5.41) is 12.2. The van der Waals surface area contributed by atoms with E-state index in [0.717, 1.165) is 64.4 Å². The second-order valence-electron chi connectivity index (χ2n) is 9.88. The van der Waals surface area contributed by atoms with Gasteiger partial charge in [-0.2, -0.15) is 5.10 Å². The number of nitrogens with zero attached hydrogens (tertiary/aromatic N) is 4. The molecule has 1 amide bonds. The van der Waals surface area contributed by atoms with Gasteiger partial charge in [-0.1, -0.05) is 30.3 Å². The van der Waals surface area contributed by atoms with Crippen LogP contribution in [0.3, 0.4) is 0 Å². The van der Waals surface area contributed by atoms with Crippen molar-refractivity contribution in [2.45, 2.75) is 38.3 Å². The van der Waals surface area contributed by atoms with Gasteiger partial charge in [0.05, 0.1) is 39.5 Å². The van der Waals surface area contributed by atoms with Crippen LogP contribution in [-0.4, -0.2) is 51.3 Å². The zero-order valence-corrected chi connectivity index (χ0v) is 21.7. The molecule has 186 valence electrons. The Hall–Kier alpha value is -3.17. The van der Waals surface area contributed by atoms with Crippen LogP contribution in [0, 0.1) is 5.92 Å². The van der Waals surface area contributed by atoms with E-state index < -0.39 is 0 Å². The number of piperidine rings is 1. The molecule has 36 heavy (non-hydrogen) atoms. The summed E-state index contributed by atoms with van der Waals surface area (Å²) < 4.78 is 2.72. The lowest BCUT2D eigenvalue weighted by molar-refractivity contribution is 0.102. The van der Waals surface area contributed by atoms with Crippen molar-refractivity contribution in [3.05, 3.63) is 70.7 Å². The number of H-pyrrole nitrogens is 1. The molecule has 8 nitrogen and oxygen atoms in total. The number of fused-ring (bicyclic) bond motifs is 1. The van der Waals surface area contributed by atoms with Gasteiger partial charge < -0.3 is 20.5 Å². The Labute approximate surface area is 218 Å². The van der Waals surface area contributed by atoms with Gasteiger partial charge in [-0.15, -0.1) is 0 Å². The summed E-state index contributed by atoms with van der Waals surface area (Å²) in [4.78, 5) is 23.4. The number of hydrogen-bond acceptors (Lipinski definition) is 5. The van der Waals surface area contributed by atoms with Crippen molar-refractivity contribution in [1.82, 2.24) is 25.1 Å². The molecule has 1 atom stereocenters. The van der Waals surface area contributed by atoms with E-state index in [4.69, 9.17) is 0 Å². The summed E-state index contributed by atoms with van der Waals surface area (Å²) in [6.45, 7) is 3.65. The van der Waals surface area contributed by atoms with E-state index in [-0.39, 0.29) is 5.91 Å². The molecule has 9 heteroatoms. The Morgan fingerprint density at radius 2 is 2.03 bits per heavy atom. The van der Waals surface area contributed by atoms with Crippen molar-refractivity contribution in [2.24, 2.45) is 5.92 Å². The molecule has 3 aromatic heterocycles. The van der Waals surface area contributed by atoms with E-state index >= 15 is 0 Å². The summed E-state index contributed by atoms with van der Waals surface area (Å²) >= 11 is 3.75. The largest absolute Gasteiger partial charge is 0.368 e. The minimum absolute atomic E-state index is 0.191. The van der Waals surface area contributed by atoms with Crippen LogP contribution in [0.2, 0.25) is 0 Å². The number of nitrogens with one attached hydrogen (secondary N) is 3. The Morgan fingerprint density at radius 3 is 2.86 bits per heavy atom. The second kappa shape index (κ2) is 10.1. The van der Waals surface area contributed by atoms with Gasteiger partial charge in [0.2, 0.25) is 0 Å². The van der Waals surface area contributed by atoms with Crippen molar-refractivity contribution in [3.8, 4) is 0 Å². The number of hydrogen-bond donors (Lipinski definition) is 3. The number of carbonyl (C=O) groups excluding carboxylic acids is 1. The summed E-state index contributed by atoms with van der Waals surface area (Å²) in [7, 11) is 0. The van der Waals surface area contributed by atoms with Gasteiger partial charge in [-0.3, -0.25) is 9.48 Å². The van der Waals surface area contributed by atoms with Crippen LogP contribution < -0.4 is 15.5 Å². The fraction of sp³-hybridized carbons (Fsp3) is 0.370. The molecule has 1 saturated heterocycles. The highest BCUT2D eigenvalue weighted by atomic mass is 79.9. The number of carbonyl (C=O) groups is 1. The van der Waals surface area contributed by atoms with E-state index in [2.05, 4.69) is 46.5 Å². The molecule has 1 aliphatic heterocycles. The molecule has 1 aromatic carbocycles. The van der Waals surface area contributed by atoms with Crippen LogP contribution in [0.15, 0.2) is 59.6 Å². The zero-order valence-electron chi connectivity index (χ0n) is 20.1. The van der Waals surface area contributed by atoms with Gasteiger partial charge in [0.1, 0.15) is 5.65 Å². The van der Waals surface area contributed by atoms with Crippen LogP contribution >= 0.6 is 15.9 Å². The van der Waals surface area contributed by atoms with Gasteiger partial charge in [0.25, 0.3) is 5.91 Å². The van der Waals surface area contributed by atoms with Gasteiger partial charge in [-0.05, 0) is 59.6 Å². The fourth-order valence-corrected chi connectivity index (χ4v) is 5.55. The fourth-order valence-electron chi connectivity index (χ4n) is 5.00. The first-order chi connectivity index (χ1) is 17.6. The minimum atomic E-state index is -0.191. The first-order valence-corrected chi connectivity index (χ1v) is 13.4. The summed E-state index contributed by atoms with van der Waals surface area (Å²) in [5.74, 6) is 0.673. The number of amides is 1. The molecule has 0 unspecified atom stereocenters. The maximum Gasteiger partial charge on any atom is 0.258 e. The molecule has 1 aliphatic carbocycles. The highest BCUT2D eigenvalue weighted by molar-refractivity contribution is 9.10. The van der Waals surface area contributed by atoms with Crippen LogP contribution in [0.1, 0.15) is 41.6 Å². The summed E-state index contributed by atoms with van der Waals surface area (Å²) in [6.07, 6.45) is 12.1. The van der Waals surface area contributed by atoms with Gasteiger partial charge in [0.15, 0.2) is 0 Å². The van der Waals surface area contributed by atoms with Crippen LogP contribution in [0.5, 0.6) is 0 Å². The molecule has 4 heterocycles. The number of aromatic nitrogens is 4. The van der Waals surface area contributed by atoms with Crippen LogP contribution in [0.4, 0.5) is 11.4 Å². The lowest BCUT2D eigenvalue weighted by Crippen LogP contribution is -2.46. The first kappa shape index (κ1) is 23.2. The van der Waals surface area contributed by atoms with Crippen molar-refractivity contribution in [2.75, 3.05) is 29.9 Å². The van der Waals surface area contributed by atoms with E-state index in [1.54, 1.807) is 17.1 Å². The Kier molecular flexibility index (Phi) is 6.50. The van der Waals surface area contributed by atoms with Crippen LogP contribution in [-0.2, 0) is 6.54 Å². The monoisotopic (exact) mass is 547 g/mol. The smallest absolute Gasteiger partial charge is 0.258 e. The maximum absolute atomic E-state index is 13.2. The molecule has 0 radical (unpaired) electrons. The molecule has 3 N–H and O–H groups in total. The lowest BCUT2D eigenvalue weighted by Gasteiger charge is -2.36. The molecular weight excluding hydrogens is 518 g/mol. The predicted molar refractivity (Wildman–Crippen MR) is 145 cm³/mol. The molecule has 2 aliphatic rings. The summed E-state index contributed by atoms with van der Waals surface area (Å²) in [6, 6.07) is 10.6. The van der Waals surface area contributed by atoms with Crippen molar-refractivity contribution in [1.29, 1.82) is 0 Å². The third-order valence-electron chi connectivity index (χ3n) is 7.09. The van der Waals surface area contributed by atoms with E-state index in [0.29, 0.717) is 18.2 Å². The Balaban J connectivity index is 1.22. The highest BCUT2D eigenvalue weighted by Crippen LogP contribution is 2.39. The van der Waals surface area contributed by atoms with E-state index in [9.17, 15) is 4.79 Å². The molecule has 6 rings (SSSR count). The number of anilines is 2. The number of rotatable bonds is 8. The third kappa shape index (κ3) is 5.03. The number of benzene rings is 1. The zero-order chi connectivity index (χ0) is 24.5. The predicted octanol–water partition coefficient (Wildman–Crippen LogP) is 4.79. The quantitative estimate of drug-likeness (QED) is 0.295. The van der Waals surface area contributed by atoms with Gasteiger partial charge in [-0.25, -0.2) is 4.98 Å². The van der Waals surface area contributed by atoms with Crippen molar-refractivity contribution >= 4 is 44.2 Å². The summed E-state index contributed by atoms with van der Waals surface area (Å²) in [5.41, 5.74) is 4.22. The van der Waals surface area contributed by atoms with Crippen molar-refractivity contribution in [3.63, 3.8) is 0 Å². The Bertz CT molecular complexity index is 1360. The average molecular weight is 548 g/mol. The molecule has 4 aromatic rings. The second-order valence-corrected chi connectivity index (χ2v) is 10.7. The number of halogens is 1. The molecule has 0 spiro atoms. The first-order valence-electron chi connectivity index (χ1n) is 12.7. The standard InChI is InChI=1S/C27H30BrN7O/c28-22-13-30-26-24(25(22)34-10-4-7-21(17-34)29-11-18-8-9-18)23(14-31-26)33-27(36)20-12-32-35(16-20)15-19-5-2-1-3-6-19/h1-3,5-6,12-14,16,18,21,29H,4,7-11,15,17H2,(H,30,31)(H,33,36)/t21-/m1/s1. The van der Waals surface area contributed by atoms with E-state index in [1.807, 2.05) is 42.7 Å². The molecule has 1 saturated carbocycles. The normalized spacial score (nSPS) is 18.0. The lowest BCUT2D eigenvalue weighted by atomic mass is 10.0. The Morgan fingerprint density at radius 1 is 1.17 bits per heavy atom. The SMILES string of the molecule is O=C(Nc1c[nH]c2ncc(Br)c(N3CCC[C@@H](NCC4CC4)C3)c12)c1cnn(Cc2ccccc2)c1. The highest BCUT2D eigenvalue weighted by Gasteiger charge is 2.27.